The fraction of sp³-hybridized carbons (Fsp3) is 0.429. The van der Waals surface area contributed by atoms with Crippen LogP contribution in [0.3, 0.4) is 0 Å². The molecule has 5 nitrogen and oxygen atoms in total. The number of anilines is 1. The second kappa shape index (κ2) is 4.57. The fourth-order valence-corrected chi connectivity index (χ4v) is 3.07. The lowest BCUT2D eigenvalue weighted by molar-refractivity contribution is -0.123. The molecular weight excluding hydrogens is 244 g/mol. The lowest BCUT2D eigenvalue weighted by Gasteiger charge is -2.37. The number of aromatic carboxylic acids is 1. The molecule has 2 heterocycles. The first-order valence-electron chi connectivity index (χ1n) is 6.54. The summed E-state index contributed by atoms with van der Waals surface area (Å²) in [6.07, 6.45) is 1.94. The van der Waals surface area contributed by atoms with Crippen molar-refractivity contribution < 1.29 is 14.7 Å². The van der Waals surface area contributed by atoms with Gasteiger partial charge in [0.05, 0.1) is 17.5 Å². The molecule has 0 spiro atoms. The molecule has 2 atom stereocenters. The lowest BCUT2D eigenvalue weighted by Crippen LogP contribution is -2.45. The van der Waals surface area contributed by atoms with Gasteiger partial charge in [-0.2, -0.15) is 0 Å². The molecule has 3 rings (SSSR count). The van der Waals surface area contributed by atoms with Crippen molar-refractivity contribution >= 4 is 17.6 Å². The van der Waals surface area contributed by atoms with Crippen LogP contribution in [0, 0.1) is 5.92 Å². The molecule has 19 heavy (non-hydrogen) atoms. The zero-order valence-corrected chi connectivity index (χ0v) is 10.5. The van der Waals surface area contributed by atoms with Crippen molar-refractivity contribution in [2.75, 3.05) is 18.0 Å². The van der Waals surface area contributed by atoms with Crippen molar-refractivity contribution in [3.8, 4) is 0 Å². The van der Waals surface area contributed by atoms with Gasteiger partial charge in [0.2, 0.25) is 5.91 Å². The summed E-state index contributed by atoms with van der Waals surface area (Å²) >= 11 is 0. The molecule has 2 fully saturated rings. The number of hydrogen-bond acceptors (Lipinski definition) is 3. The van der Waals surface area contributed by atoms with Gasteiger partial charge in [-0.15, -0.1) is 0 Å². The Balaban J connectivity index is 1.85. The van der Waals surface area contributed by atoms with Crippen LogP contribution in [-0.4, -0.2) is 36.1 Å². The van der Waals surface area contributed by atoms with Gasteiger partial charge in [0.25, 0.3) is 0 Å². The lowest BCUT2D eigenvalue weighted by atomic mass is 9.91. The van der Waals surface area contributed by atoms with Crippen LogP contribution in [0.4, 0.5) is 5.69 Å². The van der Waals surface area contributed by atoms with Crippen LogP contribution < -0.4 is 10.2 Å². The molecular formula is C14H16N2O3. The summed E-state index contributed by atoms with van der Waals surface area (Å²) in [5, 5.41) is 11.8. The third kappa shape index (κ3) is 2.05. The minimum atomic E-state index is -0.916. The number of carboxylic acid groups (broad SMARTS) is 1. The van der Waals surface area contributed by atoms with Crippen LogP contribution in [0.25, 0.3) is 0 Å². The zero-order valence-electron chi connectivity index (χ0n) is 10.5. The number of piperidine rings is 1. The molecule has 100 valence electrons. The van der Waals surface area contributed by atoms with Gasteiger partial charge >= 0.3 is 5.97 Å². The average molecular weight is 260 g/mol. The van der Waals surface area contributed by atoms with Crippen molar-refractivity contribution in [1.29, 1.82) is 0 Å². The van der Waals surface area contributed by atoms with Crippen LogP contribution in [0.1, 0.15) is 23.2 Å². The number of nitrogens with zero attached hydrogens (tertiary/aromatic N) is 1. The second-order valence-corrected chi connectivity index (χ2v) is 5.11. The van der Waals surface area contributed by atoms with Crippen LogP contribution in [0.2, 0.25) is 0 Å². The molecule has 0 radical (unpaired) electrons. The SMILES string of the molecule is O=C(O)c1ccc(N2CCCC3C(=O)NCC32)cc1. The van der Waals surface area contributed by atoms with Gasteiger partial charge < -0.3 is 15.3 Å². The van der Waals surface area contributed by atoms with E-state index < -0.39 is 5.97 Å². The highest BCUT2D eigenvalue weighted by Gasteiger charge is 2.40. The van der Waals surface area contributed by atoms with E-state index in [9.17, 15) is 9.59 Å². The highest BCUT2D eigenvalue weighted by Crippen LogP contribution is 2.31. The molecule has 1 amide bonds. The highest BCUT2D eigenvalue weighted by molar-refractivity contribution is 5.88. The number of benzene rings is 1. The number of carbonyl (C=O) groups excluding carboxylic acids is 1. The zero-order chi connectivity index (χ0) is 13.4. The summed E-state index contributed by atoms with van der Waals surface area (Å²) in [7, 11) is 0. The van der Waals surface area contributed by atoms with Gasteiger partial charge in [0.1, 0.15) is 0 Å². The third-order valence-electron chi connectivity index (χ3n) is 4.05. The Hall–Kier alpha value is -2.04. The Morgan fingerprint density at radius 2 is 2.05 bits per heavy atom. The number of rotatable bonds is 2. The van der Waals surface area contributed by atoms with Crippen molar-refractivity contribution in [3.63, 3.8) is 0 Å². The summed E-state index contributed by atoms with van der Waals surface area (Å²) in [6, 6.07) is 7.09. The van der Waals surface area contributed by atoms with E-state index in [4.69, 9.17) is 5.11 Å². The molecule has 2 unspecified atom stereocenters. The molecule has 0 aromatic heterocycles. The van der Waals surface area contributed by atoms with E-state index in [1.54, 1.807) is 12.1 Å². The Kier molecular flexibility index (Phi) is 2.89. The van der Waals surface area contributed by atoms with Gasteiger partial charge in [0.15, 0.2) is 0 Å². The van der Waals surface area contributed by atoms with Crippen molar-refractivity contribution in [1.82, 2.24) is 5.32 Å². The molecule has 1 aromatic carbocycles. The molecule has 5 heteroatoms. The maximum atomic E-state index is 11.7. The first kappa shape index (κ1) is 12.0. The van der Waals surface area contributed by atoms with E-state index in [-0.39, 0.29) is 23.4 Å². The fourth-order valence-electron chi connectivity index (χ4n) is 3.07. The number of amides is 1. The number of hydrogen-bond donors (Lipinski definition) is 2. The minimum Gasteiger partial charge on any atom is -0.478 e. The van der Waals surface area contributed by atoms with E-state index in [1.807, 2.05) is 12.1 Å². The average Bonchev–Trinajstić information content (AvgIpc) is 2.81. The highest BCUT2D eigenvalue weighted by atomic mass is 16.4. The van der Waals surface area contributed by atoms with E-state index in [1.165, 1.54) is 0 Å². The third-order valence-corrected chi connectivity index (χ3v) is 4.05. The van der Waals surface area contributed by atoms with Crippen molar-refractivity contribution in [2.24, 2.45) is 5.92 Å². The van der Waals surface area contributed by atoms with Crippen LogP contribution >= 0.6 is 0 Å². The Morgan fingerprint density at radius 3 is 2.74 bits per heavy atom. The maximum absolute atomic E-state index is 11.7. The van der Waals surface area contributed by atoms with Gasteiger partial charge in [-0.3, -0.25) is 4.79 Å². The predicted molar refractivity (Wildman–Crippen MR) is 70.3 cm³/mol. The standard InChI is InChI=1S/C14H16N2O3/c17-13-11-2-1-7-16(12(11)8-15-13)10-5-3-9(4-6-10)14(18)19/h3-6,11-12H,1-2,7-8H2,(H,15,17)(H,18,19). The first-order valence-corrected chi connectivity index (χ1v) is 6.54. The smallest absolute Gasteiger partial charge is 0.335 e. The number of fused-ring (bicyclic) bond motifs is 1. The largest absolute Gasteiger partial charge is 0.478 e. The summed E-state index contributed by atoms with van der Waals surface area (Å²) in [6.45, 7) is 1.60. The van der Waals surface area contributed by atoms with E-state index in [0.717, 1.165) is 25.1 Å². The van der Waals surface area contributed by atoms with Gasteiger partial charge in [-0.1, -0.05) is 0 Å². The predicted octanol–water partition coefficient (Wildman–Crippen LogP) is 1.10. The number of nitrogens with one attached hydrogen (secondary N) is 1. The molecule has 2 N–H and O–H groups in total. The van der Waals surface area contributed by atoms with E-state index in [0.29, 0.717) is 6.54 Å². The van der Waals surface area contributed by atoms with Crippen molar-refractivity contribution in [2.45, 2.75) is 18.9 Å². The second-order valence-electron chi connectivity index (χ2n) is 5.11. The Bertz CT molecular complexity index is 512. The number of carbonyl (C=O) groups is 2. The monoisotopic (exact) mass is 260 g/mol. The normalized spacial score (nSPS) is 25.9. The Labute approximate surface area is 111 Å². The van der Waals surface area contributed by atoms with Gasteiger partial charge in [0, 0.05) is 18.8 Å². The minimum absolute atomic E-state index is 0.0768. The maximum Gasteiger partial charge on any atom is 0.335 e. The topological polar surface area (TPSA) is 69.6 Å². The summed E-state index contributed by atoms with van der Waals surface area (Å²) in [4.78, 5) is 24.8. The molecule has 0 bridgehead atoms. The first-order chi connectivity index (χ1) is 9.16. The number of carboxylic acids is 1. The quantitative estimate of drug-likeness (QED) is 0.835. The molecule has 1 aromatic rings. The summed E-state index contributed by atoms with van der Waals surface area (Å²) in [5.74, 6) is -0.689. The van der Waals surface area contributed by atoms with Crippen LogP contribution in [-0.2, 0) is 4.79 Å². The van der Waals surface area contributed by atoms with Crippen molar-refractivity contribution in [3.05, 3.63) is 29.8 Å². The van der Waals surface area contributed by atoms with E-state index >= 15 is 0 Å². The molecule has 2 aliphatic heterocycles. The van der Waals surface area contributed by atoms with Gasteiger partial charge in [-0.05, 0) is 37.1 Å². The van der Waals surface area contributed by atoms with Crippen LogP contribution in [0.15, 0.2) is 24.3 Å². The van der Waals surface area contributed by atoms with E-state index in [2.05, 4.69) is 10.2 Å². The molecule has 2 aliphatic rings. The summed E-state index contributed by atoms with van der Waals surface area (Å²) < 4.78 is 0. The molecule has 2 saturated heterocycles. The molecule has 0 saturated carbocycles. The van der Waals surface area contributed by atoms with Gasteiger partial charge in [-0.25, -0.2) is 4.79 Å². The van der Waals surface area contributed by atoms with Crippen LogP contribution in [0.5, 0.6) is 0 Å². The summed E-state index contributed by atoms with van der Waals surface area (Å²) in [5.41, 5.74) is 1.29. The molecule has 0 aliphatic carbocycles. The Morgan fingerprint density at radius 1 is 1.32 bits per heavy atom.